The molecule has 0 saturated carbocycles. The highest BCUT2D eigenvalue weighted by molar-refractivity contribution is 6.31. The first kappa shape index (κ1) is 10.9. The lowest BCUT2D eigenvalue weighted by Gasteiger charge is -2.17. The van der Waals surface area contributed by atoms with Crippen LogP contribution in [0.25, 0.3) is 0 Å². The maximum Gasteiger partial charge on any atom is 0.103 e. The van der Waals surface area contributed by atoms with Gasteiger partial charge in [0.1, 0.15) is 6.10 Å². The lowest BCUT2D eigenvalue weighted by atomic mass is 9.92. The predicted molar refractivity (Wildman–Crippen MR) is 60.4 cm³/mol. The van der Waals surface area contributed by atoms with Crippen molar-refractivity contribution >= 4 is 11.6 Å². The van der Waals surface area contributed by atoms with Crippen LogP contribution in [-0.4, -0.2) is 18.3 Å². The van der Waals surface area contributed by atoms with E-state index in [1.54, 1.807) is 0 Å². The van der Waals surface area contributed by atoms with Crippen LogP contribution in [0.1, 0.15) is 28.4 Å². The van der Waals surface area contributed by atoms with E-state index in [1.165, 1.54) is 5.56 Å². The summed E-state index contributed by atoms with van der Waals surface area (Å²) in [6.07, 6.45) is 0.316. The van der Waals surface area contributed by atoms with Gasteiger partial charge in [0.25, 0.3) is 0 Å². The topological polar surface area (TPSA) is 29.5 Å². The maximum absolute atomic E-state index is 9.99. The zero-order valence-corrected chi connectivity index (χ0v) is 9.77. The van der Waals surface area contributed by atoms with E-state index >= 15 is 0 Å². The first-order chi connectivity index (χ1) is 7.11. The third-order valence-electron chi connectivity index (χ3n) is 3.01. The van der Waals surface area contributed by atoms with Crippen molar-refractivity contribution in [1.82, 2.24) is 0 Å². The van der Waals surface area contributed by atoms with E-state index < -0.39 is 6.10 Å². The molecule has 0 aromatic heterocycles. The van der Waals surface area contributed by atoms with Gasteiger partial charge in [0, 0.05) is 5.02 Å². The molecular weight excluding hydrogens is 212 g/mol. The van der Waals surface area contributed by atoms with E-state index in [1.807, 2.05) is 19.9 Å². The number of hydrogen-bond acceptors (Lipinski definition) is 2. The van der Waals surface area contributed by atoms with E-state index in [-0.39, 0.29) is 0 Å². The third kappa shape index (κ3) is 1.89. The summed E-state index contributed by atoms with van der Waals surface area (Å²) in [5.74, 6) is 0. The Balaban J connectivity index is 2.63. The molecular formula is C12H15ClO2. The fourth-order valence-electron chi connectivity index (χ4n) is 2.19. The van der Waals surface area contributed by atoms with Crippen molar-refractivity contribution in [3.63, 3.8) is 0 Å². The molecule has 15 heavy (non-hydrogen) atoms. The van der Waals surface area contributed by atoms with Gasteiger partial charge in [-0.05, 0) is 48.6 Å². The van der Waals surface area contributed by atoms with E-state index in [9.17, 15) is 5.11 Å². The monoisotopic (exact) mass is 226 g/mol. The highest BCUT2D eigenvalue weighted by Gasteiger charge is 2.21. The van der Waals surface area contributed by atoms with Crippen molar-refractivity contribution in [2.75, 3.05) is 13.2 Å². The number of benzene rings is 1. The van der Waals surface area contributed by atoms with Gasteiger partial charge in [-0.2, -0.15) is 0 Å². The van der Waals surface area contributed by atoms with Crippen molar-refractivity contribution in [3.05, 3.63) is 33.3 Å². The van der Waals surface area contributed by atoms with Crippen LogP contribution in [-0.2, 0) is 11.2 Å². The van der Waals surface area contributed by atoms with E-state index in [0.29, 0.717) is 13.2 Å². The summed E-state index contributed by atoms with van der Waals surface area (Å²) in [6.45, 7) is 5.02. The molecule has 2 rings (SSSR count). The molecule has 0 radical (unpaired) electrons. The molecule has 0 fully saturated rings. The molecule has 0 saturated heterocycles. The maximum atomic E-state index is 9.99. The van der Waals surface area contributed by atoms with Gasteiger partial charge >= 0.3 is 0 Å². The molecule has 1 atom stereocenters. The van der Waals surface area contributed by atoms with Crippen LogP contribution in [0.15, 0.2) is 6.07 Å². The van der Waals surface area contributed by atoms with Crippen LogP contribution in [0.2, 0.25) is 5.02 Å². The second kappa shape index (κ2) is 4.12. The Kier molecular flexibility index (Phi) is 3.01. The minimum Gasteiger partial charge on any atom is -0.386 e. The lowest BCUT2D eigenvalue weighted by molar-refractivity contribution is 0.0449. The van der Waals surface area contributed by atoms with Gasteiger partial charge in [0.2, 0.25) is 0 Å². The number of halogens is 1. The van der Waals surface area contributed by atoms with Crippen molar-refractivity contribution in [2.45, 2.75) is 26.4 Å². The Hall–Kier alpha value is -0.570. The fourth-order valence-corrected chi connectivity index (χ4v) is 2.45. The molecule has 0 amide bonds. The second-order valence-corrected chi connectivity index (χ2v) is 4.44. The molecule has 1 aromatic rings. The highest BCUT2D eigenvalue weighted by Crippen LogP contribution is 2.32. The summed E-state index contributed by atoms with van der Waals surface area (Å²) in [7, 11) is 0. The molecule has 1 aliphatic heterocycles. The average molecular weight is 227 g/mol. The summed E-state index contributed by atoms with van der Waals surface area (Å²) in [5, 5.41) is 10.7. The normalized spacial score (nSPS) is 20.9. The summed E-state index contributed by atoms with van der Waals surface area (Å²) in [4.78, 5) is 0. The van der Waals surface area contributed by atoms with Crippen LogP contribution in [0.4, 0.5) is 0 Å². The van der Waals surface area contributed by atoms with Crippen molar-refractivity contribution in [1.29, 1.82) is 0 Å². The van der Waals surface area contributed by atoms with Gasteiger partial charge in [-0.1, -0.05) is 11.6 Å². The molecule has 1 unspecified atom stereocenters. The summed E-state index contributed by atoms with van der Waals surface area (Å²) < 4.78 is 5.35. The third-order valence-corrected chi connectivity index (χ3v) is 3.40. The molecule has 82 valence electrons. The zero-order chi connectivity index (χ0) is 11.0. The number of hydrogen-bond donors (Lipinski definition) is 1. The number of fused-ring (bicyclic) bond motifs is 1. The Labute approximate surface area is 94.8 Å². The first-order valence-electron chi connectivity index (χ1n) is 5.15. The Morgan fingerprint density at radius 2 is 2.20 bits per heavy atom. The Bertz CT molecular complexity index is 388. The summed E-state index contributed by atoms with van der Waals surface area (Å²) >= 11 is 6.12. The second-order valence-electron chi connectivity index (χ2n) is 4.03. The van der Waals surface area contributed by atoms with Gasteiger partial charge in [0.15, 0.2) is 0 Å². The van der Waals surface area contributed by atoms with Crippen molar-refractivity contribution < 1.29 is 9.84 Å². The molecule has 0 bridgehead atoms. The molecule has 1 N–H and O–H groups in total. The standard InChI is InChI=1S/C12H15ClO2/c1-7-5-10(13)8(2)12-9(7)3-4-15-6-11(12)14/h5,11,14H,3-4,6H2,1-2H3. The summed E-state index contributed by atoms with van der Waals surface area (Å²) in [5.41, 5.74) is 4.29. The van der Waals surface area contributed by atoms with Crippen LogP contribution in [0.3, 0.4) is 0 Å². The fraction of sp³-hybridized carbons (Fsp3) is 0.500. The largest absolute Gasteiger partial charge is 0.386 e. The van der Waals surface area contributed by atoms with Crippen molar-refractivity contribution in [3.8, 4) is 0 Å². The average Bonchev–Trinajstić information content (AvgIpc) is 2.37. The van der Waals surface area contributed by atoms with Gasteiger partial charge in [0.05, 0.1) is 13.2 Å². The molecule has 3 heteroatoms. The minimum absolute atomic E-state index is 0.369. The zero-order valence-electron chi connectivity index (χ0n) is 9.01. The molecule has 1 aliphatic rings. The van der Waals surface area contributed by atoms with Gasteiger partial charge < -0.3 is 9.84 Å². The molecule has 1 aromatic carbocycles. The highest BCUT2D eigenvalue weighted by atomic mass is 35.5. The number of ether oxygens (including phenoxy) is 1. The van der Waals surface area contributed by atoms with Gasteiger partial charge in [-0.25, -0.2) is 0 Å². The van der Waals surface area contributed by atoms with Crippen molar-refractivity contribution in [2.24, 2.45) is 0 Å². The van der Waals surface area contributed by atoms with E-state index in [2.05, 4.69) is 0 Å². The minimum atomic E-state index is -0.542. The van der Waals surface area contributed by atoms with Crippen LogP contribution in [0.5, 0.6) is 0 Å². The van der Waals surface area contributed by atoms with Gasteiger partial charge in [-0.15, -0.1) is 0 Å². The molecule has 0 aliphatic carbocycles. The SMILES string of the molecule is Cc1cc(Cl)c(C)c2c1CCOCC2O. The van der Waals surface area contributed by atoms with E-state index in [4.69, 9.17) is 16.3 Å². The first-order valence-corrected chi connectivity index (χ1v) is 5.53. The van der Waals surface area contributed by atoms with Crippen LogP contribution >= 0.6 is 11.6 Å². The van der Waals surface area contributed by atoms with Crippen LogP contribution < -0.4 is 0 Å². The predicted octanol–water partition coefficient (Wildman–Crippen LogP) is 2.56. The Morgan fingerprint density at radius 3 is 2.93 bits per heavy atom. The number of aryl methyl sites for hydroxylation is 1. The Morgan fingerprint density at radius 1 is 1.47 bits per heavy atom. The van der Waals surface area contributed by atoms with Crippen LogP contribution in [0, 0.1) is 13.8 Å². The molecule has 1 heterocycles. The number of aliphatic hydroxyl groups excluding tert-OH is 1. The molecule has 2 nitrogen and oxygen atoms in total. The lowest BCUT2D eigenvalue weighted by Crippen LogP contribution is -2.08. The molecule has 0 spiro atoms. The summed E-state index contributed by atoms with van der Waals surface area (Å²) in [6, 6.07) is 1.97. The van der Waals surface area contributed by atoms with E-state index in [0.717, 1.165) is 28.1 Å². The smallest absolute Gasteiger partial charge is 0.103 e. The quantitative estimate of drug-likeness (QED) is 0.737. The van der Waals surface area contributed by atoms with Gasteiger partial charge in [-0.3, -0.25) is 0 Å². The number of rotatable bonds is 0. The number of aliphatic hydroxyl groups is 1.